The lowest BCUT2D eigenvalue weighted by Crippen LogP contribution is -2.01. The molecule has 4 nitrogen and oxygen atoms in total. The molecule has 1 aromatic heterocycles. The maximum Gasteiger partial charge on any atom is 0.131 e. The molecule has 0 saturated carbocycles. The van der Waals surface area contributed by atoms with E-state index in [0.29, 0.717) is 5.82 Å². The van der Waals surface area contributed by atoms with Gasteiger partial charge in [0.1, 0.15) is 17.3 Å². The van der Waals surface area contributed by atoms with Crippen LogP contribution >= 0.6 is 0 Å². The summed E-state index contributed by atoms with van der Waals surface area (Å²) < 4.78 is 7.16. The van der Waals surface area contributed by atoms with Crippen molar-refractivity contribution in [1.29, 1.82) is 0 Å². The lowest BCUT2D eigenvalue weighted by molar-refractivity contribution is 0.415. The van der Waals surface area contributed by atoms with Crippen molar-refractivity contribution in [2.24, 2.45) is 0 Å². The number of benzene rings is 1. The second kappa shape index (κ2) is 4.91. The zero-order chi connectivity index (χ0) is 12.3. The van der Waals surface area contributed by atoms with Crippen molar-refractivity contribution in [3.63, 3.8) is 0 Å². The third kappa shape index (κ3) is 2.25. The van der Waals surface area contributed by atoms with Gasteiger partial charge < -0.3 is 15.0 Å². The first-order chi connectivity index (χ1) is 8.26. The summed E-state index contributed by atoms with van der Waals surface area (Å²) >= 11 is 0. The number of rotatable bonds is 4. The van der Waals surface area contributed by atoms with Crippen LogP contribution < -0.4 is 10.5 Å². The molecule has 0 unspecified atom stereocenters. The molecule has 2 N–H and O–H groups in total. The van der Waals surface area contributed by atoms with Crippen LogP contribution in [0.3, 0.4) is 0 Å². The zero-order valence-electron chi connectivity index (χ0n) is 10.2. The maximum atomic E-state index is 6.07. The third-order valence-electron chi connectivity index (χ3n) is 2.69. The predicted molar refractivity (Wildman–Crippen MR) is 68.9 cm³/mol. The molecular formula is C13H17N3O. The maximum absolute atomic E-state index is 6.07. The average molecular weight is 231 g/mol. The number of nitrogens with zero attached hydrogens (tertiary/aromatic N) is 2. The molecule has 90 valence electrons. The van der Waals surface area contributed by atoms with E-state index in [9.17, 15) is 0 Å². The first-order valence-electron chi connectivity index (χ1n) is 5.71. The summed E-state index contributed by atoms with van der Waals surface area (Å²) in [6.07, 6.45) is 2.83. The molecule has 1 aromatic carbocycles. The number of methoxy groups -OCH3 is 1. The Hall–Kier alpha value is -1.97. The third-order valence-corrected chi connectivity index (χ3v) is 2.69. The molecule has 2 rings (SSSR count). The number of aryl methyl sites for hydroxylation is 1. The van der Waals surface area contributed by atoms with Crippen molar-refractivity contribution in [3.8, 4) is 17.0 Å². The van der Waals surface area contributed by atoms with E-state index >= 15 is 0 Å². The number of hydrogen-bond acceptors (Lipinski definition) is 3. The molecule has 17 heavy (non-hydrogen) atoms. The van der Waals surface area contributed by atoms with Gasteiger partial charge in [-0.1, -0.05) is 19.1 Å². The van der Waals surface area contributed by atoms with Gasteiger partial charge in [0.15, 0.2) is 0 Å². The van der Waals surface area contributed by atoms with Gasteiger partial charge in [-0.15, -0.1) is 0 Å². The van der Waals surface area contributed by atoms with Crippen LogP contribution in [0.4, 0.5) is 5.82 Å². The van der Waals surface area contributed by atoms with Crippen molar-refractivity contribution in [2.45, 2.75) is 19.9 Å². The fourth-order valence-electron chi connectivity index (χ4n) is 1.80. The lowest BCUT2D eigenvalue weighted by atomic mass is 10.1. The van der Waals surface area contributed by atoms with E-state index in [1.165, 1.54) is 0 Å². The highest BCUT2D eigenvalue weighted by Crippen LogP contribution is 2.27. The Morgan fingerprint density at radius 3 is 2.94 bits per heavy atom. The summed E-state index contributed by atoms with van der Waals surface area (Å²) in [6.45, 7) is 3.01. The Kier molecular flexibility index (Phi) is 3.32. The van der Waals surface area contributed by atoms with Gasteiger partial charge in [0.2, 0.25) is 0 Å². The number of ether oxygens (including phenoxy) is 1. The Morgan fingerprint density at radius 1 is 1.41 bits per heavy atom. The van der Waals surface area contributed by atoms with E-state index in [0.717, 1.165) is 30.0 Å². The SMILES string of the molecule is CCCn1cnc(-c2cccc(OC)c2)c1N. The Labute approximate surface area is 101 Å². The minimum absolute atomic E-state index is 0.708. The number of hydrogen-bond donors (Lipinski definition) is 1. The molecule has 0 aliphatic heterocycles. The molecule has 0 saturated heterocycles. The number of aromatic nitrogens is 2. The number of imidazole rings is 1. The summed E-state index contributed by atoms with van der Waals surface area (Å²) in [5.74, 6) is 1.52. The van der Waals surface area contributed by atoms with Crippen molar-refractivity contribution < 1.29 is 4.74 Å². The summed E-state index contributed by atoms with van der Waals surface area (Å²) in [5.41, 5.74) is 7.87. The van der Waals surface area contributed by atoms with Crippen LogP contribution in [0.1, 0.15) is 13.3 Å². The Bertz CT molecular complexity index is 505. The Morgan fingerprint density at radius 2 is 2.24 bits per heavy atom. The van der Waals surface area contributed by atoms with Crippen LogP contribution in [0.25, 0.3) is 11.3 Å². The minimum atomic E-state index is 0.708. The molecule has 0 atom stereocenters. The lowest BCUT2D eigenvalue weighted by Gasteiger charge is -2.05. The van der Waals surface area contributed by atoms with Gasteiger partial charge >= 0.3 is 0 Å². The normalized spacial score (nSPS) is 10.5. The van der Waals surface area contributed by atoms with Crippen molar-refractivity contribution in [2.75, 3.05) is 12.8 Å². The predicted octanol–water partition coefficient (Wildman–Crippen LogP) is 2.55. The topological polar surface area (TPSA) is 53.1 Å². The van der Waals surface area contributed by atoms with Gasteiger partial charge in [0.05, 0.1) is 13.4 Å². The van der Waals surface area contributed by atoms with Gasteiger partial charge in [-0.3, -0.25) is 0 Å². The second-order valence-corrected chi connectivity index (χ2v) is 3.90. The summed E-state index contributed by atoms with van der Waals surface area (Å²) in [4.78, 5) is 4.36. The van der Waals surface area contributed by atoms with Gasteiger partial charge in [0.25, 0.3) is 0 Å². The standard InChI is InChI=1S/C13H17N3O/c1-3-7-16-9-15-12(13(16)14)10-5-4-6-11(8-10)17-2/h4-6,8-9H,3,7,14H2,1-2H3. The van der Waals surface area contributed by atoms with Crippen LogP contribution in [0.5, 0.6) is 5.75 Å². The zero-order valence-corrected chi connectivity index (χ0v) is 10.2. The first-order valence-corrected chi connectivity index (χ1v) is 5.71. The molecule has 0 amide bonds. The van der Waals surface area contributed by atoms with Gasteiger partial charge in [-0.25, -0.2) is 4.98 Å². The second-order valence-electron chi connectivity index (χ2n) is 3.90. The van der Waals surface area contributed by atoms with E-state index in [2.05, 4.69) is 11.9 Å². The smallest absolute Gasteiger partial charge is 0.131 e. The van der Waals surface area contributed by atoms with Crippen LogP contribution in [0, 0.1) is 0 Å². The number of anilines is 1. The first kappa shape index (κ1) is 11.5. The Balaban J connectivity index is 2.38. The molecule has 0 bridgehead atoms. The molecular weight excluding hydrogens is 214 g/mol. The fourth-order valence-corrected chi connectivity index (χ4v) is 1.80. The largest absolute Gasteiger partial charge is 0.497 e. The highest BCUT2D eigenvalue weighted by Gasteiger charge is 2.09. The van der Waals surface area contributed by atoms with E-state index in [-0.39, 0.29) is 0 Å². The van der Waals surface area contributed by atoms with Gasteiger partial charge in [-0.05, 0) is 18.6 Å². The molecule has 0 radical (unpaired) electrons. The van der Waals surface area contributed by atoms with E-state index < -0.39 is 0 Å². The van der Waals surface area contributed by atoms with E-state index in [4.69, 9.17) is 10.5 Å². The van der Waals surface area contributed by atoms with Crippen LogP contribution in [-0.4, -0.2) is 16.7 Å². The van der Waals surface area contributed by atoms with Crippen molar-refractivity contribution in [3.05, 3.63) is 30.6 Å². The number of nitrogens with two attached hydrogens (primary N) is 1. The summed E-state index contributed by atoms with van der Waals surface area (Å²) in [5, 5.41) is 0. The molecule has 0 spiro atoms. The van der Waals surface area contributed by atoms with E-state index in [1.54, 1.807) is 13.4 Å². The van der Waals surface area contributed by atoms with E-state index in [1.807, 2.05) is 28.8 Å². The molecule has 0 fully saturated rings. The molecule has 4 heteroatoms. The highest BCUT2D eigenvalue weighted by atomic mass is 16.5. The number of nitrogen functional groups attached to an aromatic ring is 1. The van der Waals surface area contributed by atoms with Crippen LogP contribution in [0.2, 0.25) is 0 Å². The average Bonchev–Trinajstić information content (AvgIpc) is 2.72. The highest BCUT2D eigenvalue weighted by molar-refractivity contribution is 5.71. The molecule has 0 aliphatic rings. The van der Waals surface area contributed by atoms with Gasteiger partial charge in [0, 0.05) is 12.1 Å². The molecule has 1 heterocycles. The minimum Gasteiger partial charge on any atom is -0.497 e. The molecule has 0 aliphatic carbocycles. The quantitative estimate of drug-likeness (QED) is 0.879. The van der Waals surface area contributed by atoms with Crippen molar-refractivity contribution >= 4 is 5.82 Å². The van der Waals surface area contributed by atoms with Crippen LogP contribution in [-0.2, 0) is 6.54 Å². The summed E-state index contributed by atoms with van der Waals surface area (Å²) in [6, 6.07) is 7.77. The fraction of sp³-hybridized carbons (Fsp3) is 0.308. The van der Waals surface area contributed by atoms with Crippen molar-refractivity contribution in [1.82, 2.24) is 9.55 Å². The molecule has 2 aromatic rings. The summed E-state index contributed by atoms with van der Waals surface area (Å²) in [7, 11) is 1.65. The monoisotopic (exact) mass is 231 g/mol. The van der Waals surface area contributed by atoms with Gasteiger partial charge in [-0.2, -0.15) is 0 Å². The van der Waals surface area contributed by atoms with Crippen LogP contribution in [0.15, 0.2) is 30.6 Å².